The molecular formula is C48H34N4. The van der Waals surface area contributed by atoms with Crippen LogP contribution in [0.5, 0.6) is 0 Å². The SMILES string of the molecule is [2H]c1c([2H])c([2H])c2c(c1[2H])c1c([2H])c([2H])c([2H])c([2H])c1n2-c1cc(-c2nc(-c3ccccc3)nc(-c3ccccc3)n2)cc(-c2cccc3c2-c2ccccc2C3(C)C)c1. The molecule has 2 heterocycles. The first-order valence-electron chi connectivity index (χ1n) is 21.1. The Labute approximate surface area is 314 Å². The minimum absolute atomic E-state index is 0.00382. The van der Waals surface area contributed by atoms with Crippen molar-refractivity contribution in [1.29, 1.82) is 0 Å². The number of benzene rings is 7. The molecule has 10 rings (SSSR count). The average Bonchev–Trinajstić information content (AvgIpc) is 3.76. The zero-order chi connectivity index (χ0) is 41.8. The average molecular weight is 675 g/mol. The summed E-state index contributed by atoms with van der Waals surface area (Å²) in [6, 6.07) is 36.1. The van der Waals surface area contributed by atoms with E-state index in [2.05, 4.69) is 38.1 Å². The lowest BCUT2D eigenvalue weighted by atomic mass is 9.82. The summed E-state index contributed by atoms with van der Waals surface area (Å²) in [7, 11) is 0. The Morgan fingerprint density at radius 2 is 0.981 bits per heavy atom. The Morgan fingerprint density at radius 3 is 1.62 bits per heavy atom. The van der Waals surface area contributed by atoms with E-state index in [1.54, 1.807) is 4.57 Å². The molecule has 0 unspecified atom stereocenters. The Kier molecular flexibility index (Phi) is 5.17. The van der Waals surface area contributed by atoms with Crippen LogP contribution in [0.1, 0.15) is 35.9 Å². The number of fused-ring (bicyclic) bond motifs is 6. The van der Waals surface area contributed by atoms with Gasteiger partial charge in [-0.1, -0.05) is 153 Å². The molecular weight excluding hydrogens is 633 g/mol. The van der Waals surface area contributed by atoms with Gasteiger partial charge in [-0.15, -0.1) is 0 Å². The predicted molar refractivity (Wildman–Crippen MR) is 213 cm³/mol. The summed E-state index contributed by atoms with van der Waals surface area (Å²) in [6.45, 7) is 4.42. The second-order valence-corrected chi connectivity index (χ2v) is 13.5. The molecule has 4 nitrogen and oxygen atoms in total. The van der Waals surface area contributed by atoms with Gasteiger partial charge in [-0.3, -0.25) is 0 Å². The molecule has 0 amide bonds. The summed E-state index contributed by atoms with van der Waals surface area (Å²) < 4.78 is 72.8. The zero-order valence-corrected chi connectivity index (χ0v) is 28.3. The highest BCUT2D eigenvalue weighted by molar-refractivity contribution is 6.09. The van der Waals surface area contributed by atoms with Crippen LogP contribution in [0.25, 0.3) is 83.9 Å². The van der Waals surface area contributed by atoms with E-state index >= 15 is 0 Å². The normalized spacial score (nSPS) is 15.1. The smallest absolute Gasteiger partial charge is 0.164 e. The molecule has 0 spiro atoms. The molecule has 1 aliphatic rings. The molecule has 2 aromatic heterocycles. The highest BCUT2D eigenvalue weighted by Crippen LogP contribution is 2.52. The van der Waals surface area contributed by atoms with Gasteiger partial charge in [0.2, 0.25) is 0 Å². The van der Waals surface area contributed by atoms with E-state index in [-0.39, 0.29) is 39.3 Å². The molecule has 0 bridgehead atoms. The fraction of sp³-hybridized carbons (Fsp3) is 0.0625. The van der Waals surface area contributed by atoms with Crippen LogP contribution in [-0.4, -0.2) is 19.5 Å². The number of rotatable bonds is 5. The zero-order valence-electron chi connectivity index (χ0n) is 36.3. The minimum Gasteiger partial charge on any atom is -0.309 e. The second kappa shape index (κ2) is 11.7. The summed E-state index contributed by atoms with van der Waals surface area (Å²) in [5.41, 5.74) is 8.39. The summed E-state index contributed by atoms with van der Waals surface area (Å²) in [5, 5.41) is 0.00763. The highest BCUT2D eigenvalue weighted by atomic mass is 15.0. The van der Waals surface area contributed by atoms with E-state index in [4.69, 9.17) is 23.2 Å². The molecule has 0 saturated carbocycles. The van der Waals surface area contributed by atoms with Gasteiger partial charge in [0, 0.05) is 38.6 Å². The third-order valence-electron chi connectivity index (χ3n) is 10.1. The standard InChI is InChI=1S/C48H34N4/c1-48(2)40-24-12-9-22-39(40)44-36(23-15-25-41(44)48)33-28-34(30-35(29-33)52-42-26-13-10-20-37(42)38-21-11-14-27-43(38)52)47-50-45(31-16-5-3-6-17-31)49-46(51-47)32-18-7-4-8-19-32/h3-30H,1-2H3/i10D,11D,13D,14D,20D,21D,26D,27D. The van der Waals surface area contributed by atoms with Crippen molar-refractivity contribution in [3.8, 4) is 62.1 Å². The minimum atomic E-state index is -0.499. The first kappa shape index (κ1) is 22.9. The lowest BCUT2D eigenvalue weighted by molar-refractivity contribution is 0.660. The molecule has 0 aliphatic heterocycles. The topological polar surface area (TPSA) is 43.6 Å². The van der Waals surface area contributed by atoms with Gasteiger partial charge in [0.05, 0.1) is 22.0 Å². The van der Waals surface area contributed by atoms with E-state index in [0.29, 0.717) is 28.7 Å². The molecule has 9 aromatic rings. The van der Waals surface area contributed by atoms with Gasteiger partial charge in [-0.25, -0.2) is 15.0 Å². The van der Waals surface area contributed by atoms with Crippen molar-refractivity contribution < 1.29 is 11.0 Å². The summed E-state index contributed by atoms with van der Waals surface area (Å²) in [6.07, 6.45) is 0. The summed E-state index contributed by atoms with van der Waals surface area (Å²) in [5.74, 6) is 1.23. The molecule has 0 fully saturated rings. The maximum Gasteiger partial charge on any atom is 0.164 e. The molecule has 246 valence electrons. The van der Waals surface area contributed by atoms with Gasteiger partial charge in [-0.2, -0.15) is 0 Å². The van der Waals surface area contributed by atoms with E-state index in [1.165, 1.54) is 5.56 Å². The monoisotopic (exact) mass is 674 g/mol. The van der Waals surface area contributed by atoms with Crippen molar-refractivity contribution in [2.24, 2.45) is 0 Å². The number of hydrogen-bond acceptors (Lipinski definition) is 3. The predicted octanol–water partition coefficient (Wildman–Crippen LogP) is 11.9. The molecule has 52 heavy (non-hydrogen) atoms. The Morgan fingerprint density at radius 1 is 0.481 bits per heavy atom. The van der Waals surface area contributed by atoms with Crippen LogP contribution in [0, 0.1) is 0 Å². The maximum absolute atomic E-state index is 9.24. The van der Waals surface area contributed by atoms with Crippen molar-refractivity contribution >= 4 is 21.8 Å². The highest BCUT2D eigenvalue weighted by Gasteiger charge is 2.36. The number of hydrogen-bond donors (Lipinski definition) is 0. The fourth-order valence-electron chi connectivity index (χ4n) is 7.64. The van der Waals surface area contributed by atoms with Crippen LogP contribution in [0.2, 0.25) is 0 Å². The lowest BCUT2D eigenvalue weighted by Gasteiger charge is -2.21. The summed E-state index contributed by atoms with van der Waals surface area (Å²) in [4.78, 5) is 15.0. The van der Waals surface area contributed by atoms with Crippen molar-refractivity contribution in [1.82, 2.24) is 19.5 Å². The molecule has 0 N–H and O–H groups in total. The Hall–Kier alpha value is -6.65. The van der Waals surface area contributed by atoms with Crippen LogP contribution in [0.3, 0.4) is 0 Å². The van der Waals surface area contributed by atoms with Gasteiger partial charge in [0.15, 0.2) is 17.5 Å². The van der Waals surface area contributed by atoms with Gasteiger partial charge < -0.3 is 4.57 Å². The van der Waals surface area contributed by atoms with Crippen LogP contribution in [-0.2, 0) is 5.41 Å². The van der Waals surface area contributed by atoms with Crippen LogP contribution >= 0.6 is 0 Å². The molecule has 0 saturated heterocycles. The molecule has 7 aromatic carbocycles. The second-order valence-electron chi connectivity index (χ2n) is 13.5. The lowest BCUT2D eigenvalue weighted by Crippen LogP contribution is -2.14. The van der Waals surface area contributed by atoms with Gasteiger partial charge in [0.1, 0.15) is 0 Å². The summed E-state index contributed by atoms with van der Waals surface area (Å²) >= 11 is 0. The first-order valence-corrected chi connectivity index (χ1v) is 17.1. The van der Waals surface area contributed by atoms with Crippen molar-refractivity contribution in [2.75, 3.05) is 0 Å². The van der Waals surface area contributed by atoms with Crippen LogP contribution in [0.4, 0.5) is 0 Å². The van der Waals surface area contributed by atoms with E-state index < -0.39 is 36.3 Å². The first-order chi connectivity index (χ1) is 28.9. The number of para-hydroxylation sites is 2. The maximum atomic E-state index is 9.24. The van der Waals surface area contributed by atoms with Crippen molar-refractivity contribution in [3.63, 3.8) is 0 Å². The van der Waals surface area contributed by atoms with E-state index in [9.17, 15) is 2.74 Å². The fourth-order valence-corrected chi connectivity index (χ4v) is 7.64. The van der Waals surface area contributed by atoms with E-state index in [0.717, 1.165) is 38.9 Å². The van der Waals surface area contributed by atoms with Gasteiger partial charge in [-0.05, 0) is 63.7 Å². The van der Waals surface area contributed by atoms with Crippen LogP contribution < -0.4 is 0 Å². The van der Waals surface area contributed by atoms with E-state index in [1.807, 2.05) is 97.1 Å². The van der Waals surface area contributed by atoms with Crippen molar-refractivity contribution in [2.45, 2.75) is 19.3 Å². The molecule has 0 radical (unpaired) electrons. The van der Waals surface area contributed by atoms with Gasteiger partial charge in [0.25, 0.3) is 0 Å². The Balaban J connectivity index is 1.36. The Bertz CT molecular complexity index is 3140. The largest absolute Gasteiger partial charge is 0.309 e. The number of aromatic nitrogens is 4. The molecule has 1 aliphatic carbocycles. The molecule has 4 heteroatoms. The molecule has 0 atom stereocenters. The van der Waals surface area contributed by atoms with Gasteiger partial charge >= 0.3 is 0 Å². The number of nitrogens with zero attached hydrogens (tertiary/aromatic N) is 4. The third kappa shape index (κ3) is 4.72. The quantitative estimate of drug-likeness (QED) is 0.182. The third-order valence-corrected chi connectivity index (χ3v) is 10.1. The van der Waals surface area contributed by atoms with Crippen LogP contribution in [0.15, 0.2) is 170 Å². The van der Waals surface area contributed by atoms with Crippen molar-refractivity contribution in [3.05, 3.63) is 181 Å².